The van der Waals surface area contributed by atoms with Crippen LogP contribution >= 0.6 is 22.9 Å². The third-order valence-corrected chi connectivity index (χ3v) is 5.37. The maximum atomic E-state index is 6.03. The highest BCUT2D eigenvalue weighted by atomic mass is 35.5. The minimum Gasteiger partial charge on any atom is -0.316 e. The van der Waals surface area contributed by atoms with Crippen molar-refractivity contribution >= 4 is 22.9 Å². The van der Waals surface area contributed by atoms with Gasteiger partial charge in [0.2, 0.25) is 0 Å². The van der Waals surface area contributed by atoms with E-state index in [0.717, 1.165) is 48.8 Å². The van der Waals surface area contributed by atoms with Crippen molar-refractivity contribution in [2.24, 2.45) is 0 Å². The van der Waals surface area contributed by atoms with Crippen LogP contribution in [0.4, 0.5) is 0 Å². The average Bonchev–Trinajstić information content (AvgIpc) is 3.11. The van der Waals surface area contributed by atoms with Gasteiger partial charge in [0.15, 0.2) is 0 Å². The van der Waals surface area contributed by atoms with E-state index in [4.69, 9.17) is 16.7 Å². The summed E-state index contributed by atoms with van der Waals surface area (Å²) in [6, 6.07) is 12.3. The number of aromatic nitrogens is 2. The first-order valence-corrected chi connectivity index (χ1v) is 9.14. The number of benzene rings is 1. The fourth-order valence-corrected chi connectivity index (χ4v) is 3.95. The Morgan fingerprint density at radius 2 is 1.96 bits per heavy atom. The molecule has 0 radical (unpaired) electrons. The van der Waals surface area contributed by atoms with Gasteiger partial charge in [-0.3, -0.25) is 4.68 Å². The van der Waals surface area contributed by atoms with Gasteiger partial charge in [-0.2, -0.15) is 5.10 Å². The van der Waals surface area contributed by atoms with Gasteiger partial charge < -0.3 is 5.32 Å². The normalized spacial score (nSPS) is 14.5. The van der Waals surface area contributed by atoms with Crippen molar-refractivity contribution in [3.63, 3.8) is 0 Å². The Kier molecular flexibility index (Phi) is 4.21. The Morgan fingerprint density at radius 1 is 1.13 bits per heavy atom. The summed E-state index contributed by atoms with van der Waals surface area (Å²) in [5.74, 6) is 0. The van der Waals surface area contributed by atoms with Crippen molar-refractivity contribution in [3.8, 4) is 11.3 Å². The van der Waals surface area contributed by atoms with E-state index in [0.29, 0.717) is 0 Å². The Bertz CT molecular complexity index is 791. The Balaban J connectivity index is 1.79. The molecular weight excluding hydrogens is 326 g/mol. The van der Waals surface area contributed by atoms with Crippen molar-refractivity contribution in [1.29, 1.82) is 0 Å². The molecule has 3 nitrogen and oxygen atoms in total. The third-order valence-electron chi connectivity index (χ3n) is 4.26. The van der Waals surface area contributed by atoms with Crippen LogP contribution in [-0.4, -0.2) is 22.9 Å². The van der Waals surface area contributed by atoms with Crippen LogP contribution in [0.3, 0.4) is 0 Å². The molecule has 0 spiro atoms. The molecule has 0 fully saturated rings. The lowest BCUT2D eigenvalue weighted by Gasteiger charge is -2.05. The van der Waals surface area contributed by atoms with E-state index >= 15 is 0 Å². The number of hydrogen-bond acceptors (Lipinski definition) is 3. The van der Waals surface area contributed by atoms with Crippen molar-refractivity contribution in [1.82, 2.24) is 15.1 Å². The fourth-order valence-electron chi connectivity index (χ4n) is 3.14. The van der Waals surface area contributed by atoms with Crippen LogP contribution in [0.5, 0.6) is 0 Å². The highest BCUT2D eigenvalue weighted by Gasteiger charge is 2.20. The quantitative estimate of drug-likeness (QED) is 0.779. The summed E-state index contributed by atoms with van der Waals surface area (Å²) in [7, 11) is 0. The topological polar surface area (TPSA) is 29.9 Å². The number of rotatable bonds is 3. The minimum atomic E-state index is 0.763. The Morgan fingerprint density at radius 3 is 2.74 bits per heavy atom. The van der Waals surface area contributed by atoms with Gasteiger partial charge in [-0.05, 0) is 36.5 Å². The van der Waals surface area contributed by atoms with E-state index in [1.807, 2.05) is 12.1 Å². The molecule has 0 aliphatic carbocycles. The van der Waals surface area contributed by atoms with Gasteiger partial charge in [-0.25, -0.2) is 0 Å². The summed E-state index contributed by atoms with van der Waals surface area (Å²) >= 11 is 7.82. The lowest BCUT2D eigenvalue weighted by atomic mass is 10.0. The Labute approximate surface area is 144 Å². The molecule has 1 aromatic carbocycles. The second-order valence-electron chi connectivity index (χ2n) is 5.77. The predicted octanol–water partition coefficient (Wildman–Crippen LogP) is 4.00. The van der Waals surface area contributed by atoms with Crippen LogP contribution in [0.1, 0.15) is 16.1 Å². The zero-order valence-corrected chi connectivity index (χ0v) is 14.3. The maximum Gasteiger partial charge on any atom is 0.0958 e. The van der Waals surface area contributed by atoms with E-state index in [9.17, 15) is 0 Å². The highest BCUT2D eigenvalue weighted by Crippen LogP contribution is 2.29. The second-order valence-corrected chi connectivity index (χ2v) is 7.24. The summed E-state index contributed by atoms with van der Waals surface area (Å²) in [5, 5.41) is 11.3. The first kappa shape index (κ1) is 14.9. The highest BCUT2D eigenvalue weighted by molar-refractivity contribution is 7.09. The van der Waals surface area contributed by atoms with Crippen molar-refractivity contribution in [2.75, 3.05) is 13.1 Å². The molecule has 0 atom stereocenters. The van der Waals surface area contributed by atoms with Crippen molar-refractivity contribution < 1.29 is 0 Å². The molecule has 1 aliphatic heterocycles. The average molecular weight is 344 g/mol. The molecular formula is C18H18ClN3S. The summed E-state index contributed by atoms with van der Waals surface area (Å²) < 4.78 is 2.19. The summed E-state index contributed by atoms with van der Waals surface area (Å²) in [6.07, 6.45) is 2.05. The first-order chi connectivity index (χ1) is 11.3. The molecule has 0 unspecified atom stereocenters. The number of hydrogen-bond donors (Lipinski definition) is 1. The van der Waals surface area contributed by atoms with E-state index in [-0.39, 0.29) is 0 Å². The molecule has 1 aliphatic rings. The molecule has 1 N–H and O–H groups in total. The van der Waals surface area contributed by atoms with Crippen molar-refractivity contribution in [2.45, 2.75) is 19.4 Å². The molecule has 0 amide bonds. The number of thiophene rings is 1. The smallest absolute Gasteiger partial charge is 0.0958 e. The number of halogens is 1. The lowest BCUT2D eigenvalue weighted by molar-refractivity contribution is 0.633. The number of nitrogens with one attached hydrogen (secondary N) is 1. The van der Waals surface area contributed by atoms with Gasteiger partial charge >= 0.3 is 0 Å². The minimum absolute atomic E-state index is 0.763. The molecule has 5 heteroatoms. The Hall–Kier alpha value is -1.62. The number of fused-ring (bicyclic) bond motifs is 1. The first-order valence-electron chi connectivity index (χ1n) is 7.89. The zero-order valence-electron chi connectivity index (χ0n) is 12.8. The molecule has 3 aromatic rings. The van der Waals surface area contributed by atoms with Crippen LogP contribution in [0.2, 0.25) is 5.02 Å². The molecule has 0 saturated carbocycles. The third kappa shape index (κ3) is 3.07. The lowest BCUT2D eigenvalue weighted by Crippen LogP contribution is -2.17. The molecule has 4 rings (SSSR count). The molecule has 3 heterocycles. The van der Waals surface area contributed by atoms with Crippen LogP contribution in [0, 0.1) is 0 Å². The molecule has 0 bridgehead atoms. The predicted molar refractivity (Wildman–Crippen MR) is 96.4 cm³/mol. The van der Waals surface area contributed by atoms with Crippen LogP contribution in [-0.2, 0) is 19.4 Å². The van der Waals surface area contributed by atoms with Gasteiger partial charge in [0, 0.05) is 39.7 Å². The summed E-state index contributed by atoms with van der Waals surface area (Å²) in [6.45, 7) is 2.88. The van der Waals surface area contributed by atoms with Crippen LogP contribution in [0.15, 0.2) is 41.8 Å². The van der Waals surface area contributed by atoms with Gasteiger partial charge in [-0.15, -0.1) is 11.3 Å². The van der Waals surface area contributed by atoms with Crippen LogP contribution in [0.25, 0.3) is 11.3 Å². The van der Waals surface area contributed by atoms with Gasteiger partial charge in [0.05, 0.1) is 12.2 Å². The van der Waals surface area contributed by atoms with E-state index in [2.05, 4.69) is 39.6 Å². The molecule has 118 valence electrons. The molecule has 23 heavy (non-hydrogen) atoms. The molecule has 0 saturated heterocycles. The van der Waals surface area contributed by atoms with Crippen LogP contribution < -0.4 is 5.32 Å². The summed E-state index contributed by atoms with van der Waals surface area (Å²) in [4.78, 5) is 1.34. The SMILES string of the molecule is Clc1ccc(-c2nn(Cc3cccs3)c3c2CCNCC3)cc1. The van der Waals surface area contributed by atoms with Gasteiger partial charge in [0.1, 0.15) is 0 Å². The second kappa shape index (κ2) is 6.48. The van der Waals surface area contributed by atoms with Gasteiger partial charge in [-0.1, -0.05) is 29.8 Å². The van der Waals surface area contributed by atoms with Gasteiger partial charge in [0.25, 0.3) is 0 Å². The summed E-state index contributed by atoms with van der Waals surface area (Å²) in [5.41, 5.74) is 5.01. The van der Waals surface area contributed by atoms with Crippen molar-refractivity contribution in [3.05, 3.63) is 62.9 Å². The monoisotopic (exact) mass is 343 g/mol. The fraction of sp³-hybridized carbons (Fsp3) is 0.278. The maximum absolute atomic E-state index is 6.03. The van der Waals surface area contributed by atoms with E-state index in [1.54, 1.807) is 11.3 Å². The number of nitrogens with zero attached hydrogens (tertiary/aromatic N) is 2. The standard InChI is InChI=1S/C18H18ClN3S/c19-14-5-3-13(4-6-14)18-16-7-9-20-10-8-17(16)22(21-18)12-15-2-1-11-23-15/h1-6,11,20H,7-10,12H2. The van der Waals surface area contributed by atoms with E-state index in [1.165, 1.54) is 16.1 Å². The largest absolute Gasteiger partial charge is 0.316 e. The van der Waals surface area contributed by atoms with E-state index < -0.39 is 0 Å². The molecule has 2 aromatic heterocycles. The zero-order chi connectivity index (χ0) is 15.6.